The van der Waals surface area contributed by atoms with Gasteiger partial charge in [0.25, 0.3) is 0 Å². The van der Waals surface area contributed by atoms with Crippen LogP contribution in [0, 0.1) is 0 Å². The van der Waals surface area contributed by atoms with Crippen molar-refractivity contribution in [1.82, 2.24) is 9.97 Å². The van der Waals surface area contributed by atoms with Crippen molar-refractivity contribution in [2.45, 2.75) is 19.3 Å². The molecule has 10 rings (SSSR count). The van der Waals surface area contributed by atoms with Crippen LogP contribution < -0.4 is 0 Å². The lowest BCUT2D eigenvalue weighted by Crippen LogP contribution is -2.14. The first-order valence-corrected chi connectivity index (χ1v) is 17.7. The van der Waals surface area contributed by atoms with Gasteiger partial charge < -0.3 is 0 Å². The smallest absolute Gasteiger partial charge is 0.0985 e. The molecule has 0 atom stereocenters. The van der Waals surface area contributed by atoms with Gasteiger partial charge in [0.1, 0.15) is 0 Å². The molecule has 1 aromatic heterocycles. The maximum absolute atomic E-state index is 5.43. The van der Waals surface area contributed by atoms with E-state index in [2.05, 4.69) is 172 Å². The maximum atomic E-state index is 5.43. The van der Waals surface area contributed by atoms with Gasteiger partial charge in [-0.25, -0.2) is 9.97 Å². The lowest BCUT2D eigenvalue weighted by molar-refractivity contribution is 0.660. The number of hydrogen-bond donors (Lipinski definition) is 0. The van der Waals surface area contributed by atoms with E-state index in [0.29, 0.717) is 0 Å². The molecule has 0 saturated heterocycles. The Morgan fingerprint density at radius 1 is 0.353 bits per heavy atom. The molecule has 240 valence electrons. The summed E-state index contributed by atoms with van der Waals surface area (Å²) in [5.41, 5.74) is 15.9. The van der Waals surface area contributed by atoms with Crippen molar-refractivity contribution >= 4 is 32.6 Å². The first kappa shape index (κ1) is 29.5. The third kappa shape index (κ3) is 4.57. The van der Waals surface area contributed by atoms with E-state index in [4.69, 9.17) is 9.97 Å². The average molecular weight is 651 g/mol. The Kier molecular flexibility index (Phi) is 6.56. The van der Waals surface area contributed by atoms with Crippen LogP contribution in [0.2, 0.25) is 0 Å². The van der Waals surface area contributed by atoms with Crippen molar-refractivity contribution < 1.29 is 0 Å². The summed E-state index contributed by atoms with van der Waals surface area (Å²) in [5.74, 6) is 0. The second-order valence-corrected chi connectivity index (χ2v) is 14.1. The molecule has 0 amide bonds. The Bertz CT molecular complexity index is 2810. The summed E-state index contributed by atoms with van der Waals surface area (Å²) in [6.45, 7) is 4.72. The highest BCUT2D eigenvalue weighted by Crippen LogP contribution is 2.52. The van der Waals surface area contributed by atoms with Crippen LogP contribution >= 0.6 is 0 Å². The Morgan fingerprint density at radius 3 is 1.65 bits per heavy atom. The Labute approximate surface area is 297 Å². The fourth-order valence-electron chi connectivity index (χ4n) is 8.39. The number of fused-ring (bicyclic) bond motifs is 6. The van der Waals surface area contributed by atoms with Crippen LogP contribution in [0.3, 0.4) is 0 Å². The molecule has 0 unspecified atom stereocenters. The van der Waals surface area contributed by atoms with Gasteiger partial charge in [-0.1, -0.05) is 159 Å². The molecule has 2 heteroatoms. The second kappa shape index (κ2) is 11.3. The highest BCUT2D eigenvalue weighted by Gasteiger charge is 2.35. The zero-order valence-electron chi connectivity index (χ0n) is 28.6. The number of hydrogen-bond acceptors (Lipinski definition) is 2. The molecule has 2 nitrogen and oxygen atoms in total. The first-order valence-electron chi connectivity index (χ1n) is 17.7. The molecule has 0 saturated carbocycles. The van der Waals surface area contributed by atoms with E-state index in [0.717, 1.165) is 44.3 Å². The van der Waals surface area contributed by atoms with Crippen LogP contribution in [0.1, 0.15) is 25.0 Å². The van der Waals surface area contributed by atoms with Gasteiger partial charge in [-0.2, -0.15) is 0 Å². The topological polar surface area (TPSA) is 25.8 Å². The van der Waals surface area contributed by atoms with Gasteiger partial charge in [0.15, 0.2) is 0 Å². The molecule has 0 radical (unpaired) electrons. The zero-order chi connectivity index (χ0) is 34.1. The summed E-state index contributed by atoms with van der Waals surface area (Å²) < 4.78 is 0. The van der Waals surface area contributed by atoms with Gasteiger partial charge in [-0.05, 0) is 90.3 Å². The van der Waals surface area contributed by atoms with Crippen LogP contribution in [0.5, 0.6) is 0 Å². The zero-order valence-corrected chi connectivity index (χ0v) is 28.6. The third-order valence-electron chi connectivity index (χ3n) is 10.9. The molecule has 1 heterocycles. The Morgan fingerprint density at radius 2 is 0.902 bits per heavy atom. The molecular formula is C49H34N2. The molecule has 0 aliphatic heterocycles. The molecule has 0 N–H and O–H groups in total. The minimum atomic E-state index is -0.103. The normalized spacial score (nSPS) is 13.1. The van der Waals surface area contributed by atoms with Gasteiger partial charge in [-0.3, -0.25) is 0 Å². The molecule has 0 spiro atoms. The summed E-state index contributed by atoms with van der Waals surface area (Å²) in [6.07, 6.45) is 0. The van der Waals surface area contributed by atoms with Gasteiger partial charge in [0, 0.05) is 16.5 Å². The van der Waals surface area contributed by atoms with Crippen LogP contribution in [0.4, 0.5) is 0 Å². The lowest BCUT2D eigenvalue weighted by Gasteiger charge is -2.23. The first-order chi connectivity index (χ1) is 25.1. The number of nitrogens with zero attached hydrogens (tertiary/aromatic N) is 2. The monoisotopic (exact) mass is 650 g/mol. The Hall–Kier alpha value is -6.38. The molecule has 1 aliphatic carbocycles. The number of rotatable bonds is 4. The van der Waals surface area contributed by atoms with Crippen molar-refractivity contribution in [2.75, 3.05) is 0 Å². The summed E-state index contributed by atoms with van der Waals surface area (Å²) in [6, 6.07) is 61.2. The number of para-hydroxylation sites is 2. The SMILES string of the molecule is CC1(C)c2ccccc2-c2ccc(-c3c4ccccc4c(-c4nc5ccccc5nc4-c4ccccc4)c4ccc(-c5ccccc5)cc34)cc21. The molecule has 1 aliphatic rings. The Balaban J connectivity index is 1.33. The minimum absolute atomic E-state index is 0.103. The van der Waals surface area contributed by atoms with E-state index in [1.165, 1.54) is 55.3 Å². The summed E-state index contributed by atoms with van der Waals surface area (Å²) >= 11 is 0. The molecule has 0 fully saturated rings. The van der Waals surface area contributed by atoms with Gasteiger partial charge in [-0.15, -0.1) is 0 Å². The fraction of sp³-hybridized carbons (Fsp3) is 0.0612. The van der Waals surface area contributed by atoms with Gasteiger partial charge in [0.05, 0.1) is 22.4 Å². The van der Waals surface area contributed by atoms with Crippen molar-refractivity contribution in [1.29, 1.82) is 0 Å². The quantitative estimate of drug-likeness (QED) is 0.177. The van der Waals surface area contributed by atoms with E-state index in [9.17, 15) is 0 Å². The van der Waals surface area contributed by atoms with Crippen molar-refractivity contribution in [3.05, 3.63) is 181 Å². The summed E-state index contributed by atoms with van der Waals surface area (Å²) in [5, 5.41) is 4.73. The predicted octanol–water partition coefficient (Wildman–Crippen LogP) is 12.9. The van der Waals surface area contributed by atoms with Crippen molar-refractivity contribution in [3.63, 3.8) is 0 Å². The van der Waals surface area contributed by atoms with E-state index in [-0.39, 0.29) is 5.41 Å². The number of aromatic nitrogens is 2. The van der Waals surface area contributed by atoms with E-state index < -0.39 is 0 Å². The van der Waals surface area contributed by atoms with Gasteiger partial charge >= 0.3 is 0 Å². The lowest BCUT2D eigenvalue weighted by atomic mass is 9.80. The standard InChI is InChI=1S/C49H34N2/c1-49(2)41-22-12-11-19-35(41)36-27-26-34(30-42(36)49)45-37-20-9-10-21-38(37)46(39-28-25-33(29-40(39)45)31-15-5-3-6-16-31)48-47(32-17-7-4-8-18-32)50-43-23-13-14-24-44(43)51-48/h3-30H,1-2H3. The van der Waals surface area contributed by atoms with Crippen LogP contribution in [0.25, 0.3) is 88.5 Å². The molecule has 8 aromatic carbocycles. The molecule has 51 heavy (non-hydrogen) atoms. The van der Waals surface area contributed by atoms with Crippen LogP contribution in [-0.2, 0) is 5.41 Å². The van der Waals surface area contributed by atoms with E-state index >= 15 is 0 Å². The van der Waals surface area contributed by atoms with Gasteiger partial charge in [0.2, 0.25) is 0 Å². The van der Waals surface area contributed by atoms with E-state index in [1.54, 1.807) is 0 Å². The molecular weight excluding hydrogens is 617 g/mol. The second-order valence-electron chi connectivity index (χ2n) is 14.1. The highest BCUT2D eigenvalue weighted by molar-refractivity contribution is 6.22. The van der Waals surface area contributed by atoms with Crippen molar-refractivity contribution in [3.8, 4) is 55.9 Å². The number of benzene rings is 8. The van der Waals surface area contributed by atoms with Crippen LogP contribution in [-0.4, -0.2) is 9.97 Å². The minimum Gasteiger partial charge on any atom is -0.244 e. The van der Waals surface area contributed by atoms with Crippen LogP contribution in [0.15, 0.2) is 170 Å². The summed E-state index contributed by atoms with van der Waals surface area (Å²) in [7, 11) is 0. The maximum Gasteiger partial charge on any atom is 0.0985 e. The average Bonchev–Trinajstić information content (AvgIpc) is 3.42. The van der Waals surface area contributed by atoms with Crippen molar-refractivity contribution in [2.24, 2.45) is 0 Å². The molecule has 0 bridgehead atoms. The van der Waals surface area contributed by atoms with E-state index in [1.807, 2.05) is 12.1 Å². The predicted molar refractivity (Wildman–Crippen MR) is 214 cm³/mol. The molecule has 9 aromatic rings. The fourth-order valence-corrected chi connectivity index (χ4v) is 8.39. The third-order valence-corrected chi connectivity index (χ3v) is 10.9. The largest absolute Gasteiger partial charge is 0.244 e. The summed E-state index contributed by atoms with van der Waals surface area (Å²) in [4.78, 5) is 10.7. The highest BCUT2D eigenvalue weighted by atomic mass is 14.8.